The van der Waals surface area contributed by atoms with E-state index in [2.05, 4.69) is 0 Å². The maximum Gasteiger partial charge on any atom is 0.471 e. The lowest BCUT2D eigenvalue weighted by molar-refractivity contribution is -0.175. The van der Waals surface area contributed by atoms with Crippen LogP contribution in [0.15, 0.2) is 24.3 Å². The molecule has 0 fully saturated rings. The second kappa shape index (κ2) is 5.03. The van der Waals surface area contributed by atoms with Gasteiger partial charge in [0, 0.05) is 5.56 Å². The molecule has 18 heavy (non-hydrogen) atoms. The predicted molar refractivity (Wildman–Crippen MR) is 51.0 cm³/mol. The fraction of sp³-hybridized carbons (Fsp3) is 0.200. The summed E-state index contributed by atoms with van der Waals surface area (Å²) < 4.78 is 49.2. The van der Waals surface area contributed by atoms with Gasteiger partial charge in [-0.2, -0.15) is 13.2 Å². The largest absolute Gasteiger partial charge is 0.479 e. The topological polar surface area (TPSA) is 66.4 Å². The number of benzene rings is 1. The SMILES string of the molecule is O=C(O)[C@H](NC(=O)C(F)(F)F)c1ccccc1F. The number of carbonyl (C=O) groups excluding carboxylic acids is 1. The molecule has 0 saturated carbocycles. The first kappa shape index (κ1) is 13.9. The van der Waals surface area contributed by atoms with E-state index >= 15 is 0 Å². The summed E-state index contributed by atoms with van der Waals surface area (Å²) in [6.07, 6.45) is -5.24. The van der Waals surface area contributed by atoms with Crippen LogP contribution in [0.25, 0.3) is 0 Å². The molecule has 1 aromatic rings. The Morgan fingerprint density at radius 1 is 1.22 bits per heavy atom. The summed E-state index contributed by atoms with van der Waals surface area (Å²) in [6, 6.07) is 2.24. The lowest BCUT2D eigenvalue weighted by Gasteiger charge is -2.16. The van der Waals surface area contributed by atoms with Crippen molar-refractivity contribution in [3.05, 3.63) is 35.6 Å². The summed E-state index contributed by atoms with van der Waals surface area (Å²) in [5, 5.41) is 9.93. The van der Waals surface area contributed by atoms with Crippen molar-refractivity contribution in [2.45, 2.75) is 12.2 Å². The average molecular weight is 265 g/mol. The summed E-state index contributed by atoms with van der Waals surface area (Å²) >= 11 is 0. The Morgan fingerprint density at radius 2 is 1.78 bits per heavy atom. The Bertz CT molecular complexity index is 472. The van der Waals surface area contributed by atoms with Crippen LogP contribution in [0.3, 0.4) is 0 Å². The number of nitrogens with one attached hydrogen (secondary N) is 1. The number of carboxylic acid groups (broad SMARTS) is 1. The molecule has 0 radical (unpaired) electrons. The zero-order valence-electron chi connectivity index (χ0n) is 8.66. The molecule has 0 aromatic heterocycles. The number of carboxylic acids is 1. The zero-order chi connectivity index (χ0) is 13.9. The number of amides is 1. The summed E-state index contributed by atoms with van der Waals surface area (Å²) in [5.41, 5.74) is -0.553. The van der Waals surface area contributed by atoms with Gasteiger partial charge in [0.2, 0.25) is 0 Å². The van der Waals surface area contributed by atoms with Gasteiger partial charge in [0.25, 0.3) is 0 Å². The van der Waals surface area contributed by atoms with Crippen molar-refractivity contribution in [2.75, 3.05) is 0 Å². The highest BCUT2D eigenvalue weighted by atomic mass is 19.4. The number of alkyl halides is 3. The van der Waals surface area contributed by atoms with Gasteiger partial charge in [-0.3, -0.25) is 4.79 Å². The van der Waals surface area contributed by atoms with Gasteiger partial charge in [0.15, 0.2) is 6.04 Å². The Labute approximate surface area is 98.2 Å². The molecule has 0 bridgehead atoms. The first-order chi connectivity index (χ1) is 8.23. The van der Waals surface area contributed by atoms with E-state index in [4.69, 9.17) is 5.11 Å². The van der Waals surface area contributed by atoms with E-state index in [0.717, 1.165) is 12.1 Å². The van der Waals surface area contributed by atoms with Crippen LogP contribution < -0.4 is 5.32 Å². The molecule has 0 aliphatic carbocycles. The molecule has 0 unspecified atom stereocenters. The summed E-state index contributed by atoms with van der Waals surface area (Å²) in [5.74, 6) is -5.26. The third kappa shape index (κ3) is 3.19. The van der Waals surface area contributed by atoms with Crippen LogP contribution in [0.4, 0.5) is 17.6 Å². The molecule has 98 valence electrons. The smallest absolute Gasteiger partial charge is 0.471 e. The average Bonchev–Trinajstić information content (AvgIpc) is 2.25. The summed E-state index contributed by atoms with van der Waals surface area (Å²) in [4.78, 5) is 21.4. The molecular weight excluding hydrogens is 258 g/mol. The van der Waals surface area contributed by atoms with Gasteiger partial charge >= 0.3 is 18.1 Å². The monoisotopic (exact) mass is 265 g/mol. The Hall–Kier alpha value is -2.12. The molecule has 0 heterocycles. The highest BCUT2D eigenvalue weighted by Gasteiger charge is 2.41. The number of rotatable bonds is 3. The van der Waals surface area contributed by atoms with E-state index in [-0.39, 0.29) is 0 Å². The molecule has 2 N–H and O–H groups in total. The molecule has 8 heteroatoms. The highest BCUT2D eigenvalue weighted by molar-refractivity contribution is 5.87. The number of aliphatic carboxylic acids is 1. The number of hydrogen-bond acceptors (Lipinski definition) is 2. The Kier molecular flexibility index (Phi) is 3.89. The first-order valence-electron chi connectivity index (χ1n) is 4.58. The zero-order valence-corrected chi connectivity index (χ0v) is 8.66. The molecule has 0 saturated heterocycles. The van der Waals surface area contributed by atoms with E-state index in [1.165, 1.54) is 17.4 Å². The lowest BCUT2D eigenvalue weighted by Crippen LogP contribution is -2.42. The van der Waals surface area contributed by atoms with Crippen molar-refractivity contribution >= 4 is 11.9 Å². The minimum Gasteiger partial charge on any atom is -0.479 e. The number of hydrogen-bond donors (Lipinski definition) is 2. The standard InChI is InChI=1S/C10H7F4NO3/c11-6-4-2-1-3-5(6)7(8(16)17)15-9(18)10(12,13)14/h1-4,7H,(H,15,18)(H,16,17)/t7-/m1/s1. The van der Waals surface area contributed by atoms with Gasteiger partial charge in [-0.15, -0.1) is 0 Å². The van der Waals surface area contributed by atoms with E-state index in [0.29, 0.717) is 0 Å². The maximum absolute atomic E-state index is 13.3. The second-order valence-corrected chi connectivity index (χ2v) is 3.26. The van der Waals surface area contributed by atoms with E-state index < -0.39 is 35.5 Å². The minimum atomic E-state index is -5.24. The highest BCUT2D eigenvalue weighted by Crippen LogP contribution is 2.20. The van der Waals surface area contributed by atoms with Crippen LogP contribution >= 0.6 is 0 Å². The quantitative estimate of drug-likeness (QED) is 0.816. The van der Waals surface area contributed by atoms with Gasteiger partial charge in [0.1, 0.15) is 5.82 Å². The van der Waals surface area contributed by atoms with Crippen LogP contribution in [0.1, 0.15) is 11.6 Å². The maximum atomic E-state index is 13.3. The molecule has 0 aliphatic rings. The molecule has 1 rings (SSSR count). The fourth-order valence-electron chi connectivity index (χ4n) is 1.19. The van der Waals surface area contributed by atoms with Crippen molar-refractivity contribution in [1.29, 1.82) is 0 Å². The van der Waals surface area contributed by atoms with Crippen molar-refractivity contribution < 1.29 is 32.3 Å². The predicted octanol–water partition coefficient (Wildman–Crippen LogP) is 1.63. The first-order valence-corrected chi connectivity index (χ1v) is 4.58. The van der Waals surface area contributed by atoms with E-state index in [9.17, 15) is 27.2 Å². The van der Waals surface area contributed by atoms with Gasteiger partial charge in [0.05, 0.1) is 0 Å². The van der Waals surface area contributed by atoms with Crippen LogP contribution in [-0.2, 0) is 9.59 Å². The third-order valence-electron chi connectivity index (χ3n) is 2.00. The normalized spacial score (nSPS) is 12.9. The molecule has 1 amide bonds. The number of halogens is 4. The van der Waals surface area contributed by atoms with Gasteiger partial charge < -0.3 is 10.4 Å². The van der Waals surface area contributed by atoms with Crippen molar-refractivity contribution in [3.63, 3.8) is 0 Å². The summed E-state index contributed by atoms with van der Waals surface area (Å²) in [7, 11) is 0. The van der Waals surface area contributed by atoms with Crippen molar-refractivity contribution in [3.8, 4) is 0 Å². The van der Waals surface area contributed by atoms with Gasteiger partial charge in [-0.25, -0.2) is 9.18 Å². The van der Waals surface area contributed by atoms with Gasteiger partial charge in [-0.05, 0) is 6.07 Å². The van der Waals surface area contributed by atoms with Crippen LogP contribution in [0, 0.1) is 5.82 Å². The minimum absolute atomic E-state index is 0.553. The van der Waals surface area contributed by atoms with Crippen molar-refractivity contribution in [1.82, 2.24) is 5.32 Å². The Morgan fingerprint density at radius 3 is 2.22 bits per heavy atom. The van der Waals surface area contributed by atoms with Crippen LogP contribution in [0.2, 0.25) is 0 Å². The molecule has 0 spiro atoms. The third-order valence-corrected chi connectivity index (χ3v) is 2.00. The Balaban J connectivity index is 3.03. The van der Waals surface area contributed by atoms with Crippen molar-refractivity contribution in [2.24, 2.45) is 0 Å². The van der Waals surface area contributed by atoms with Crippen LogP contribution in [-0.4, -0.2) is 23.2 Å². The van der Waals surface area contributed by atoms with E-state index in [1.807, 2.05) is 0 Å². The van der Waals surface area contributed by atoms with Crippen LogP contribution in [0.5, 0.6) is 0 Å². The second-order valence-electron chi connectivity index (χ2n) is 3.26. The number of carbonyl (C=O) groups is 2. The van der Waals surface area contributed by atoms with Gasteiger partial charge in [-0.1, -0.05) is 18.2 Å². The molecule has 1 atom stereocenters. The molecular formula is C10H7F4NO3. The molecule has 4 nitrogen and oxygen atoms in total. The van der Waals surface area contributed by atoms with E-state index in [1.54, 1.807) is 0 Å². The lowest BCUT2D eigenvalue weighted by atomic mass is 10.1. The fourth-order valence-corrected chi connectivity index (χ4v) is 1.19. The molecule has 1 aromatic carbocycles. The molecule has 0 aliphatic heterocycles. The summed E-state index contributed by atoms with van der Waals surface area (Å²) in [6.45, 7) is 0.